The molecule has 0 spiro atoms. The van der Waals surface area contributed by atoms with E-state index < -0.39 is 5.97 Å². The number of carbonyl (C=O) groups excluding carboxylic acids is 1. The molecule has 0 heterocycles. The van der Waals surface area contributed by atoms with E-state index in [1.165, 1.54) is 11.8 Å². The standard InChI is InChI=1S/C12H19NO3S/c1-2-13(10-5-3-4-6-10)11(14)9-17-8-7-12(15)16/h5H,2-4,6-9H2,1H3,(H,15,16). The van der Waals surface area contributed by atoms with E-state index in [2.05, 4.69) is 6.08 Å². The molecule has 0 aromatic rings. The number of rotatable bonds is 7. The summed E-state index contributed by atoms with van der Waals surface area (Å²) < 4.78 is 0. The first-order valence-corrected chi connectivity index (χ1v) is 7.09. The van der Waals surface area contributed by atoms with Gasteiger partial charge in [-0.05, 0) is 26.2 Å². The van der Waals surface area contributed by atoms with Gasteiger partial charge in [0.15, 0.2) is 0 Å². The summed E-state index contributed by atoms with van der Waals surface area (Å²) in [5, 5.41) is 8.49. The lowest BCUT2D eigenvalue weighted by atomic mass is 10.3. The Bertz CT molecular complexity index is 315. The Morgan fingerprint density at radius 3 is 2.82 bits per heavy atom. The van der Waals surface area contributed by atoms with Crippen molar-refractivity contribution in [3.63, 3.8) is 0 Å². The van der Waals surface area contributed by atoms with Crippen LogP contribution in [0, 0.1) is 0 Å². The molecule has 0 bridgehead atoms. The Morgan fingerprint density at radius 1 is 1.53 bits per heavy atom. The van der Waals surface area contributed by atoms with Gasteiger partial charge in [0.25, 0.3) is 0 Å². The minimum Gasteiger partial charge on any atom is -0.481 e. The number of carboxylic acids is 1. The van der Waals surface area contributed by atoms with Gasteiger partial charge in [-0.15, -0.1) is 0 Å². The zero-order valence-electron chi connectivity index (χ0n) is 10.1. The van der Waals surface area contributed by atoms with Crippen LogP contribution in [0.3, 0.4) is 0 Å². The first-order valence-electron chi connectivity index (χ1n) is 5.94. The molecule has 0 saturated carbocycles. The molecule has 0 atom stereocenters. The van der Waals surface area contributed by atoms with Crippen LogP contribution in [0.5, 0.6) is 0 Å². The summed E-state index contributed by atoms with van der Waals surface area (Å²) in [6.07, 6.45) is 5.42. The summed E-state index contributed by atoms with van der Waals surface area (Å²) in [5.74, 6) is 0.155. The highest BCUT2D eigenvalue weighted by Crippen LogP contribution is 2.22. The van der Waals surface area contributed by atoms with E-state index in [-0.39, 0.29) is 12.3 Å². The summed E-state index contributed by atoms with van der Waals surface area (Å²) in [4.78, 5) is 24.1. The van der Waals surface area contributed by atoms with Crippen molar-refractivity contribution < 1.29 is 14.7 Å². The van der Waals surface area contributed by atoms with Crippen LogP contribution in [0.15, 0.2) is 11.8 Å². The van der Waals surface area contributed by atoms with E-state index >= 15 is 0 Å². The fourth-order valence-corrected chi connectivity index (χ4v) is 2.63. The van der Waals surface area contributed by atoms with Crippen LogP contribution in [0.25, 0.3) is 0 Å². The molecule has 1 aliphatic rings. The Hall–Kier alpha value is -0.970. The zero-order valence-corrected chi connectivity index (χ0v) is 11.0. The highest BCUT2D eigenvalue weighted by Gasteiger charge is 2.18. The Morgan fingerprint density at radius 2 is 2.29 bits per heavy atom. The Labute approximate surface area is 106 Å². The highest BCUT2D eigenvalue weighted by molar-refractivity contribution is 7.99. The first kappa shape index (κ1) is 14.1. The second-order valence-corrected chi connectivity index (χ2v) is 5.03. The minimum atomic E-state index is -0.809. The van der Waals surface area contributed by atoms with Crippen molar-refractivity contribution in [3.05, 3.63) is 11.8 Å². The van der Waals surface area contributed by atoms with Gasteiger partial charge in [0.2, 0.25) is 5.91 Å². The van der Waals surface area contributed by atoms with Crippen LogP contribution in [0.2, 0.25) is 0 Å². The molecule has 5 heteroatoms. The van der Waals surface area contributed by atoms with Crippen molar-refractivity contribution in [2.45, 2.75) is 32.6 Å². The van der Waals surface area contributed by atoms with E-state index in [0.717, 1.165) is 25.0 Å². The average Bonchev–Trinajstić information content (AvgIpc) is 2.79. The molecule has 0 unspecified atom stereocenters. The van der Waals surface area contributed by atoms with Gasteiger partial charge in [-0.1, -0.05) is 6.08 Å². The molecule has 0 fully saturated rings. The van der Waals surface area contributed by atoms with Gasteiger partial charge in [0.05, 0.1) is 12.2 Å². The van der Waals surface area contributed by atoms with Gasteiger partial charge >= 0.3 is 5.97 Å². The second kappa shape index (κ2) is 7.37. The van der Waals surface area contributed by atoms with E-state index in [0.29, 0.717) is 18.1 Å². The lowest BCUT2D eigenvalue weighted by Crippen LogP contribution is -2.31. The summed E-state index contributed by atoms with van der Waals surface area (Å²) >= 11 is 1.39. The first-order chi connectivity index (χ1) is 8.15. The maximum atomic E-state index is 11.9. The van der Waals surface area contributed by atoms with Gasteiger partial charge in [-0.2, -0.15) is 11.8 Å². The molecule has 17 heavy (non-hydrogen) atoms. The molecule has 96 valence electrons. The number of carbonyl (C=O) groups is 2. The van der Waals surface area contributed by atoms with Gasteiger partial charge in [-0.25, -0.2) is 0 Å². The Kier molecular flexibility index (Phi) is 6.11. The quantitative estimate of drug-likeness (QED) is 0.710. The highest BCUT2D eigenvalue weighted by atomic mass is 32.2. The molecule has 1 N–H and O–H groups in total. The van der Waals surface area contributed by atoms with Crippen LogP contribution in [0.4, 0.5) is 0 Å². The van der Waals surface area contributed by atoms with Crippen molar-refractivity contribution in [1.82, 2.24) is 4.90 Å². The van der Waals surface area contributed by atoms with Crippen molar-refractivity contribution in [2.24, 2.45) is 0 Å². The Balaban J connectivity index is 2.31. The van der Waals surface area contributed by atoms with Crippen LogP contribution in [-0.2, 0) is 9.59 Å². The number of thioether (sulfide) groups is 1. The number of nitrogens with zero attached hydrogens (tertiary/aromatic N) is 1. The topological polar surface area (TPSA) is 57.6 Å². The van der Waals surface area contributed by atoms with Crippen molar-refractivity contribution in [1.29, 1.82) is 0 Å². The SMILES string of the molecule is CCN(C(=O)CSCCC(=O)O)C1=CCCC1. The molecule has 1 amide bonds. The van der Waals surface area contributed by atoms with Crippen molar-refractivity contribution in [3.8, 4) is 0 Å². The minimum absolute atomic E-state index is 0.0936. The zero-order chi connectivity index (χ0) is 12.7. The molecular formula is C12H19NO3S. The number of hydrogen-bond acceptors (Lipinski definition) is 3. The summed E-state index contributed by atoms with van der Waals surface area (Å²) in [6.45, 7) is 2.67. The predicted octanol–water partition coefficient (Wildman–Crippen LogP) is 2.11. The smallest absolute Gasteiger partial charge is 0.304 e. The number of hydrogen-bond donors (Lipinski definition) is 1. The molecule has 0 saturated heterocycles. The third-order valence-electron chi connectivity index (χ3n) is 2.67. The lowest BCUT2D eigenvalue weighted by Gasteiger charge is -2.22. The number of carboxylic acid groups (broad SMARTS) is 1. The molecule has 0 aromatic heterocycles. The van der Waals surface area contributed by atoms with Crippen molar-refractivity contribution >= 4 is 23.6 Å². The summed E-state index contributed by atoms with van der Waals surface area (Å²) in [6, 6.07) is 0. The molecule has 0 radical (unpaired) electrons. The van der Waals surface area contributed by atoms with Gasteiger partial charge < -0.3 is 10.0 Å². The molecule has 1 aliphatic carbocycles. The monoisotopic (exact) mass is 257 g/mol. The molecule has 1 rings (SSSR count). The van der Waals surface area contributed by atoms with Crippen LogP contribution >= 0.6 is 11.8 Å². The average molecular weight is 257 g/mol. The second-order valence-electron chi connectivity index (χ2n) is 3.92. The summed E-state index contributed by atoms with van der Waals surface area (Å²) in [5.41, 5.74) is 1.14. The van der Waals surface area contributed by atoms with Gasteiger partial charge in [0.1, 0.15) is 0 Å². The predicted molar refractivity (Wildman–Crippen MR) is 68.9 cm³/mol. The van der Waals surface area contributed by atoms with E-state index in [1.807, 2.05) is 11.8 Å². The fourth-order valence-electron chi connectivity index (χ4n) is 1.84. The normalized spacial score (nSPS) is 14.5. The van der Waals surface area contributed by atoms with E-state index in [9.17, 15) is 9.59 Å². The maximum absolute atomic E-state index is 11.9. The van der Waals surface area contributed by atoms with E-state index in [1.54, 1.807) is 0 Å². The molecule has 4 nitrogen and oxygen atoms in total. The van der Waals surface area contributed by atoms with Gasteiger partial charge in [0, 0.05) is 18.0 Å². The fraction of sp³-hybridized carbons (Fsp3) is 0.667. The van der Waals surface area contributed by atoms with Crippen LogP contribution in [0.1, 0.15) is 32.6 Å². The lowest BCUT2D eigenvalue weighted by molar-refractivity contribution is -0.136. The van der Waals surface area contributed by atoms with Crippen LogP contribution < -0.4 is 0 Å². The number of allylic oxidation sites excluding steroid dienone is 2. The third kappa shape index (κ3) is 4.81. The van der Waals surface area contributed by atoms with Crippen molar-refractivity contribution in [2.75, 3.05) is 18.1 Å². The largest absolute Gasteiger partial charge is 0.481 e. The number of aliphatic carboxylic acids is 1. The van der Waals surface area contributed by atoms with Crippen LogP contribution in [-0.4, -0.2) is 39.9 Å². The molecular weight excluding hydrogens is 238 g/mol. The molecule has 0 aliphatic heterocycles. The number of amides is 1. The van der Waals surface area contributed by atoms with E-state index in [4.69, 9.17) is 5.11 Å². The molecule has 0 aromatic carbocycles. The maximum Gasteiger partial charge on any atom is 0.304 e. The summed E-state index contributed by atoms with van der Waals surface area (Å²) in [7, 11) is 0. The van der Waals surface area contributed by atoms with Gasteiger partial charge in [-0.3, -0.25) is 9.59 Å². The third-order valence-corrected chi connectivity index (χ3v) is 3.61.